The first-order valence-corrected chi connectivity index (χ1v) is 11.1. The summed E-state index contributed by atoms with van der Waals surface area (Å²) in [4.78, 5) is 14.4. The average molecular weight is 539 g/mol. The van der Waals surface area contributed by atoms with Gasteiger partial charge in [-0.25, -0.2) is 17.7 Å². The second-order valence-corrected chi connectivity index (χ2v) is 9.40. The molecule has 0 aliphatic rings. The van der Waals surface area contributed by atoms with Crippen molar-refractivity contribution in [2.24, 2.45) is 4.99 Å². The smallest absolute Gasteiger partial charge is 0.258 e. The van der Waals surface area contributed by atoms with E-state index in [2.05, 4.69) is 36.9 Å². The molecule has 0 heterocycles. The van der Waals surface area contributed by atoms with Gasteiger partial charge in [-0.15, -0.1) is 0 Å². The van der Waals surface area contributed by atoms with Gasteiger partial charge in [-0.2, -0.15) is 0 Å². The predicted octanol–water partition coefficient (Wildman–Crippen LogP) is 5.68. The third-order valence-electron chi connectivity index (χ3n) is 3.82. The molecule has 3 aromatic carbocycles. The molecule has 0 spiro atoms. The van der Waals surface area contributed by atoms with Crippen molar-refractivity contribution in [2.75, 3.05) is 4.31 Å². The number of anilines is 1. The Bertz CT molecular complexity index is 1150. The first-order valence-electron chi connectivity index (χ1n) is 8.11. The van der Waals surface area contributed by atoms with Gasteiger partial charge in [0.25, 0.3) is 15.7 Å². The van der Waals surface area contributed by atoms with Crippen LogP contribution >= 0.6 is 31.9 Å². The molecular weight excluding hydrogens is 526 g/mol. The number of aliphatic imine (C=N–C) groups is 1. The van der Waals surface area contributed by atoms with Crippen LogP contribution in [-0.4, -0.2) is 19.7 Å². The second-order valence-electron chi connectivity index (χ2n) is 5.75. The van der Waals surface area contributed by atoms with Crippen LogP contribution < -0.4 is 4.31 Å². The zero-order chi connectivity index (χ0) is 21.0. The van der Waals surface area contributed by atoms with E-state index >= 15 is 0 Å². The maximum Gasteiger partial charge on any atom is 0.269 e. The molecule has 0 radical (unpaired) electrons. The number of nitrogens with zero attached hydrogens (tertiary/aromatic N) is 3. The Morgan fingerprint density at radius 2 is 1.38 bits per heavy atom. The lowest BCUT2D eigenvalue weighted by Crippen LogP contribution is -2.29. The number of nitro groups is 1. The van der Waals surface area contributed by atoms with Crippen molar-refractivity contribution in [1.29, 1.82) is 0 Å². The van der Waals surface area contributed by atoms with E-state index in [1.54, 1.807) is 48.5 Å². The van der Waals surface area contributed by atoms with Crippen LogP contribution in [0, 0.1) is 10.1 Å². The Balaban J connectivity index is 2.04. The maximum absolute atomic E-state index is 13.2. The van der Waals surface area contributed by atoms with Gasteiger partial charge in [0.15, 0.2) is 0 Å². The van der Waals surface area contributed by atoms with Crippen LogP contribution in [0.1, 0.15) is 0 Å². The van der Waals surface area contributed by atoms with Crippen LogP contribution in [-0.2, 0) is 10.0 Å². The molecule has 148 valence electrons. The topological polar surface area (TPSA) is 92.9 Å². The molecule has 0 fully saturated rings. The molecule has 0 N–H and O–H groups in total. The fourth-order valence-electron chi connectivity index (χ4n) is 2.36. The van der Waals surface area contributed by atoms with Gasteiger partial charge in [-0.3, -0.25) is 10.1 Å². The number of hydrogen-bond donors (Lipinski definition) is 0. The third kappa shape index (κ3) is 5.08. The van der Waals surface area contributed by atoms with E-state index < -0.39 is 14.9 Å². The standard InChI is InChI=1S/C19H13Br2N3O4S/c20-14-1-5-16(6-2-14)22-13-23(17-7-3-15(21)4-8-17)29(27,28)19-11-9-18(10-12-19)24(25)26/h1-13H. The van der Waals surface area contributed by atoms with Crippen molar-refractivity contribution in [1.82, 2.24) is 0 Å². The van der Waals surface area contributed by atoms with Crippen LogP contribution in [0.3, 0.4) is 0 Å². The Labute approximate surface area is 184 Å². The predicted molar refractivity (Wildman–Crippen MR) is 119 cm³/mol. The number of nitro benzene ring substituents is 1. The van der Waals surface area contributed by atoms with E-state index in [9.17, 15) is 18.5 Å². The lowest BCUT2D eigenvalue weighted by atomic mass is 10.3. The summed E-state index contributed by atoms with van der Waals surface area (Å²) < 4.78 is 29.1. The summed E-state index contributed by atoms with van der Waals surface area (Å²) in [7, 11) is -4.05. The van der Waals surface area contributed by atoms with E-state index in [0.717, 1.165) is 25.4 Å². The molecule has 0 unspecified atom stereocenters. The molecule has 7 nitrogen and oxygen atoms in total. The molecule has 0 bridgehead atoms. The average Bonchev–Trinajstić information content (AvgIpc) is 2.71. The summed E-state index contributed by atoms with van der Waals surface area (Å²) in [6, 6.07) is 18.4. The van der Waals surface area contributed by atoms with E-state index in [1.807, 2.05) is 0 Å². The van der Waals surface area contributed by atoms with Crippen molar-refractivity contribution >= 4 is 65.3 Å². The highest BCUT2D eigenvalue weighted by atomic mass is 79.9. The lowest BCUT2D eigenvalue weighted by Gasteiger charge is -2.20. The Morgan fingerprint density at radius 1 is 0.862 bits per heavy atom. The molecular formula is C19H13Br2N3O4S. The van der Waals surface area contributed by atoms with Gasteiger partial charge in [-0.1, -0.05) is 31.9 Å². The minimum Gasteiger partial charge on any atom is -0.258 e. The minimum atomic E-state index is -4.05. The van der Waals surface area contributed by atoms with Crippen molar-refractivity contribution < 1.29 is 13.3 Å². The van der Waals surface area contributed by atoms with Crippen LogP contribution in [0.4, 0.5) is 17.1 Å². The molecule has 3 aromatic rings. The van der Waals surface area contributed by atoms with Crippen molar-refractivity contribution in [3.05, 3.63) is 91.9 Å². The Kier molecular flexibility index (Phi) is 6.46. The summed E-state index contributed by atoms with van der Waals surface area (Å²) in [6.45, 7) is 0. The molecule has 0 aromatic heterocycles. The van der Waals surface area contributed by atoms with Gasteiger partial charge in [0, 0.05) is 21.1 Å². The Hall–Kier alpha value is -2.56. The number of benzene rings is 3. The zero-order valence-corrected chi connectivity index (χ0v) is 18.6. The van der Waals surface area contributed by atoms with Crippen molar-refractivity contribution in [3.63, 3.8) is 0 Å². The second kappa shape index (κ2) is 8.85. The number of hydrogen-bond acceptors (Lipinski definition) is 5. The van der Waals surface area contributed by atoms with Gasteiger partial charge in [0.2, 0.25) is 0 Å². The molecule has 0 atom stereocenters. The largest absolute Gasteiger partial charge is 0.269 e. The summed E-state index contributed by atoms with van der Waals surface area (Å²) in [5, 5.41) is 10.8. The summed E-state index contributed by atoms with van der Waals surface area (Å²) >= 11 is 6.66. The molecule has 0 saturated carbocycles. The fourth-order valence-corrected chi connectivity index (χ4v) is 4.16. The van der Waals surface area contributed by atoms with Gasteiger partial charge < -0.3 is 0 Å². The number of sulfonamides is 1. The SMILES string of the molecule is O=[N+]([O-])c1ccc(S(=O)(=O)N(C=Nc2ccc(Br)cc2)c2ccc(Br)cc2)cc1. The minimum absolute atomic E-state index is 0.0896. The normalized spacial score (nSPS) is 11.5. The summed E-state index contributed by atoms with van der Waals surface area (Å²) in [6.07, 6.45) is 1.21. The third-order valence-corrected chi connectivity index (χ3v) is 6.57. The zero-order valence-electron chi connectivity index (χ0n) is 14.6. The molecule has 0 amide bonds. The monoisotopic (exact) mass is 537 g/mol. The van der Waals surface area contributed by atoms with E-state index in [4.69, 9.17) is 0 Å². The van der Waals surface area contributed by atoms with E-state index in [0.29, 0.717) is 11.4 Å². The number of rotatable bonds is 6. The summed E-state index contributed by atoms with van der Waals surface area (Å²) in [5.41, 5.74) is 0.740. The highest BCUT2D eigenvalue weighted by Crippen LogP contribution is 2.26. The summed E-state index contributed by atoms with van der Waals surface area (Å²) in [5.74, 6) is 0. The number of halogens is 2. The number of non-ortho nitro benzene ring substituents is 1. The highest BCUT2D eigenvalue weighted by molar-refractivity contribution is 9.10. The van der Waals surface area contributed by atoms with Crippen LogP contribution in [0.25, 0.3) is 0 Å². The van der Waals surface area contributed by atoms with Gasteiger partial charge >= 0.3 is 0 Å². The molecule has 3 rings (SSSR count). The van der Waals surface area contributed by atoms with Crippen molar-refractivity contribution in [2.45, 2.75) is 4.90 Å². The molecule has 29 heavy (non-hydrogen) atoms. The first-order chi connectivity index (χ1) is 13.8. The van der Waals surface area contributed by atoms with Gasteiger partial charge in [-0.05, 0) is 60.7 Å². The highest BCUT2D eigenvalue weighted by Gasteiger charge is 2.24. The first kappa shape index (κ1) is 21.2. The fraction of sp³-hybridized carbons (Fsp3) is 0. The molecule has 0 saturated heterocycles. The van der Waals surface area contributed by atoms with Crippen LogP contribution in [0.5, 0.6) is 0 Å². The van der Waals surface area contributed by atoms with Gasteiger partial charge in [0.05, 0.1) is 21.2 Å². The van der Waals surface area contributed by atoms with Crippen LogP contribution in [0.15, 0.2) is 91.6 Å². The Morgan fingerprint density at radius 3 is 1.90 bits per heavy atom. The van der Waals surface area contributed by atoms with E-state index in [-0.39, 0.29) is 10.6 Å². The maximum atomic E-state index is 13.2. The molecule has 10 heteroatoms. The van der Waals surface area contributed by atoms with Crippen molar-refractivity contribution in [3.8, 4) is 0 Å². The van der Waals surface area contributed by atoms with E-state index in [1.165, 1.54) is 18.5 Å². The molecule has 0 aliphatic carbocycles. The molecule has 0 aliphatic heterocycles. The van der Waals surface area contributed by atoms with Crippen LogP contribution in [0.2, 0.25) is 0 Å². The van der Waals surface area contributed by atoms with Gasteiger partial charge in [0.1, 0.15) is 6.34 Å². The quantitative estimate of drug-likeness (QED) is 0.175. The lowest BCUT2D eigenvalue weighted by molar-refractivity contribution is -0.384.